The Hall–Kier alpha value is -2.30. The second-order valence-corrected chi connectivity index (χ2v) is 4.13. The van der Waals surface area contributed by atoms with Gasteiger partial charge in [-0.25, -0.2) is 0 Å². The van der Waals surface area contributed by atoms with Crippen molar-refractivity contribution in [1.82, 2.24) is 0 Å². The van der Waals surface area contributed by atoms with Crippen molar-refractivity contribution in [2.45, 2.75) is 13.1 Å². The molecule has 2 nitrogen and oxygen atoms in total. The van der Waals surface area contributed by atoms with E-state index >= 15 is 0 Å². The van der Waals surface area contributed by atoms with Crippen molar-refractivity contribution >= 4 is 18.0 Å². The van der Waals surface area contributed by atoms with Crippen LogP contribution in [0.5, 0.6) is 0 Å². The lowest BCUT2D eigenvalue weighted by molar-refractivity contribution is -0.137. The molecular weight excluding hydrogens is 267 g/mol. The Morgan fingerprint density at radius 1 is 1.05 bits per heavy atom. The Morgan fingerprint density at radius 3 is 2.30 bits per heavy atom. The smallest absolute Gasteiger partial charge is 0.416 e. The Bertz CT molecular complexity index is 621. The first-order valence-corrected chi connectivity index (χ1v) is 5.89. The third-order valence-corrected chi connectivity index (χ3v) is 2.53. The van der Waals surface area contributed by atoms with Gasteiger partial charge in [0, 0.05) is 6.21 Å². The first-order valence-electron chi connectivity index (χ1n) is 5.89. The second kappa shape index (κ2) is 5.77. The number of alkyl halides is 3. The molecule has 0 fully saturated rings. The van der Waals surface area contributed by atoms with Crippen LogP contribution in [0.1, 0.15) is 17.1 Å². The molecule has 2 aromatic rings. The van der Waals surface area contributed by atoms with Crippen LogP contribution in [0, 0.1) is 6.92 Å². The molecule has 104 valence electrons. The number of aliphatic imine (C=N–C) groups is 1. The Labute approximate surface area is 114 Å². The molecule has 0 bridgehead atoms. The zero-order valence-corrected chi connectivity index (χ0v) is 10.7. The van der Waals surface area contributed by atoms with Gasteiger partial charge in [0.1, 0.15) is 11.5 Å². The minimum atomic E-state index is -4.32. The molecule has 1 aromatic heterocycles. The molecule has 0 spiro atoms. The molecule has 0 N–H and O–H groups in total. The number of furan rings is 1. The summed E-state index contributed by atoms with van der Waals surface area (Å²) < 4.78 is 42.4. The van der Waals surface area contributed by atoms with Gasteiger partial charge < -0.3 is 4.42 Å². The lowest BCUT2D eigenvalue weighted by atomic mass is 10.2. The first-order chi connectivity index (χ1) is 9.45. The minimum Gasteiger partial charge on any atom is -0.462 e. The highest BCUT2D eigenvalue weighted by molar-refractivity contribution is 5.79. The highest BCUT2D eigenvalue weighted by Crippen LogP contribution is 2.30. The van der Waals surface area contributed by atoms with Gasteiger partial charge in [-0.3, -0.25) is 4.99 Å². The molecular formula is C15H12F3NO. The van der Waals surface area contributed by atoms with Gasteiger partial charge >= 0.3 is 6.18 Å². The maximum Gasteiger partial charge on any atom is 0.416 e. The monoisotopic (exact) mass is 279 g/mol. The molecule has 0 atom stereocenters. The lowest BCUT2D eigenvalue weighted by Crippen LogP contribution is -2.03. The molecule has 1 heterocycles. The summed E-state index contributed by atoms with van der Waals surface area (Å²) in [5.41, 5.74) is -0.226. The predicted octanol–water partition coefficient (Wildman–Crippen LogP) is 5.02. The van der Waals surface area contributed by atoms with E-state index in [0.29, 0.717) is 11.4 Å². The number of hydrogen-bond acceptors (Lipinski definition) is 2. The Balaban J connectivity index is 1.99. The zero-order chi connectivity index (χ0) is 14.6. The van der Waals surface area contributed by atoms with E-state index in [1.807, 2.05) is 19.1 Å². The summed E-state index contributed by atoms with van der Waals surface area (Å²) in [5.74, 6) is 1.51. The summed E-state index contributed by atoms with van der Waals surface area (Å²) in [5, 5.41) is 0. The van der Waals surface area contributed by atoms with Crippen LogP contribution >= 0.6 is 0 Å². The van der Waals surface area contributed by atoms with Crippen LogP contribution < -0.4 is 0 Å². The van der Waals surface area contributed by atoms with Gasteiger partial charge in [0.2, 0.25) is 0 Å². The van der Waals surface area contributed by atoms with Gasteiger partial charge in [-0.2, -0.15) is 13.2 Å². The highest BCUT2D eigenvalue weighted by atomic mass is 19.4. The molecule has 5 heteroatoms. The molecule has 0 unspecified atom stereocenters. The van der Waals surface area contributed by atoms with E-state index in [-0.39, 0.29) is 0 Å². The average molecular weight is 279 g/mol. The van der Waals surface area contributed by atoms with E-state index in [1.54, 1.807) is 12.2 Å². The van der Waals surface area contributed by atoms with Gasteiger partial charge in [0.15, 0.2) is 0 Å². The Kier molecular flexibility index (Phi) is 4.08. The SMILES string of the molecule is Cc1ccc(/C=C/C=Nc2ccc(C(F)(F)F)cc2)o1. The lowest BCUT2D eigenvalue weighted by Gasteiger charge is -2.05. The van der Waals surface area contributed by atoms with E-state index in [2.05, 4.69) is 4.99 Å². The minimum absolute atomic E-state index is 0.457. The highest BCUT2D eigenvalue weighted by Gasteiger charge is 2.29. The maximum atomic E-state index is 12.4. The standard InChI is InChI=1S/C15H12F3NO/c1-11-4-9-14(20-11)3-2-10-19-13-7-5-12(6-8-13)15(16,17)18/h2-10H,1H3/b3-2+,19-10?. The van der Waals surface area contributed by atoms with Crippen molar-refractivity contribution in [2.75, 3.05) is 0 Å². The van der Waals surface area contributed by atoms with Crippen LogP contribution in [-0.2, 0) is 6.18 Å². The van der Waals surface area contributed by atoms with Crippen LogP contribution in [0.3, 0.4) is 0 Å². The fourth-order valence-corrected chi connectivity index (χ4v) is 1.55. The van der Waals surface area contributed by atoms with Crippen LogP contribution in [0.4, 0.5) is 18.9 Å². The molecule has 0 saturated carbocycles. The molecule has 2 rings (SSSR count). The average Bonchev–Trinajstić information content (AvgIpc) is 2.80. The van der Waals surface area contributed by atoms with E-state index in [0.717, 1.165) is 17.9 Å². The fraction of sp³-hybridized carbons (Fsp3) is 0.133. The maximum absolute atomic E-state index is 12.4. The number of aryl methyl sites for hydroxylation is 1. The van der Waals surface area contributed by atoms with Gasteiger partial charge in [-0.1, -0.05) is 0 Å². The largest absolute Gasteiger partial charge is 0.462 e. The first kappa shape index (κ1) is 14.1. The molecule has 0 saturated heterocycles. The van der Waals surface area contributed by atoms with E-state index < -0.39 is 11.7 Å². The number of benzene rings is 1. The quantitative estimate of drug-likeness (QED) is 0.724. The van der Waals surface area contributed by atoms with Crippen LogP contribution in [-0.4, -0.2) is 6.21 Å². The fourth-order valence-electron chi connectivity index (χ4n) is 1.55. The predicted molar refractivity (Wildman–Crippen MR) is 72.1 cm³/mol. The topological polar surface area (TPSA) is 25.5 Å². The van der Waals surface area contributed by atoms with Crippen molar-refractivity contribution in [1.29, 1.82) is 0 Å². The number of nitrogens with zero attached hydrogens (tertiary/aromatic N) is 1. The number of rotatable bonds is 3. The molecule has 0 aliphatic heterocycles. The summed E-state index contributed by atoms with van der Waals surface area (Å²) >= 11 is 0. The molecule has 0 amide bonds. The summed E-state index contributed by atoms with van der Waals surface area (Å²) in [6.07, 6.45) is 0.566. The summed E-state index contributed by atoms with van der Waals surface area (Å²) in [6, 6.07) is 8.32. The molecule has 20 heavy (non-hydrogen) atoms. The zero-order valence-electron chi connectivity index (χ0n) is 10.7. The van der Waals surface area contributed by atoms with Gasteiger partial charge in [-0.05, 0) is 55.5 Å². The number of allylic oxidation sites excluding steroid dienone is 1. The van der Waals surface area contributed by atoms with E-state index in [4.69, 9.17) is 4.42 Å². The van der Waals surface area contributed by atoms with Crippen molar-refractivity contribution in [2.24, 2.45) is 4.99 Å². The third-order valence-electron chi connectivity index (χ3n) is 2.53. The normalized spacial score (nSPS) is 12.6. The van der Waals surface area contributed by atoms with Crippen LogP contribution in [0.25, 0.3) is 6.08 Å². The van der Waals surface area contributed by atoms with Gasteiger partial charge in [0.05, 0.1) is 11.3 Å². The van der Waals surface area contributed by atoms with Crippen LogP contribution in [0.2, 0.25) is 0 Å². The van der Waals surface area contributed by atoms with E-state index in [1.165, 1.54) is 18.3 Å². The van der Waals surface area contributed by atoms with E-state index in [9.17, 15) is 13.2 Å². The van der Waals surface area contributed by atoms with Gasteiger partial charge in [0.25, 0.3) is 0 Å². The second-order valence-electron chi connectivity index (χ2n) is 4.13. The van der Waals surface area contributed by atoms with Crippen molar-refractivity contribution in [3.63, 3.8) is 0 Å². The molecule has 0 aliphatic carbocycles. The van der Waals surface area contributed by atoms with Crippen molar-refractivity contribution in [3.8, 4) is 0 Å². The summed E-state index contributed by atoms with van der Waals surface area (Å²) in [4.78, 5) is 4.03. The van der Waals surface area contributed by atoms with Crippen molar-refractivity contribution in [3.05, 3.63) is 59.6 Å². The summed E-state index contributed by atoms with van der Waals surface area (Å²) in [7, 11) is 0. The molecule has 0 aliphatic rings. The van der Waals surface area contributed by atoms with Gasteiger partial charge in [-0.15, -0.1) is 0 Å². The summed E-state index contributed by atoms with van der Waals surface area (Å²) in [6.45, 7) is 1.84. The number of halogens is 3. The number of hydrogen-bond donors (Lipinski definition) is 0. The molecule has 1 aromatic carbocycles. The van der Waals surface area contributed by atoms with Crippen molar-refractivity contribution < 1.29 is 17.6 Å². The molecule has 0 radical (unpaired) electrons. The van der Waals surface area contributed by atoms with Crippen LogP contribution in [0.15, 0.2) is 51.9 Å². The Morgan fingerprint density at radius 2 is 1.75 bits per heavy atom. The third kappa shape index (κ3) is 3.85.